The summed E-state index contributed by atoms with van der Waals surface area (Å²) in [5.74, 6) is 7.12. The molecule has 23 heavy (non-hydrogen) atoms. The van der Waals surface area contributed by atoms with Crippen molar-refractivity contribution in [3.63, 3.8) is 0 Å². The third-order valence-electron chi connectivity index (χ3n) is 3.84. The van der Waals surface area contributed by atoms with E-state index in [4.69, 9.17) is 14.7 Å². The Balaban J connectivity index is 1.96. The first-order valence-electron chi connectivity index (χ1n) is 7.00. The molecule has 2 aromatic rings. The van der Waals surface area contributed by atoms with Gasteiger partial charge in [0.25, 0.3) is 11.8 Å². The topological polar surface area (TPSA) is 102 Å². The number of aryl methyl sites for hydroxylation is 2. The molecule has 0 fully saturated rings. The maximum atomic E-state index is 12.5. The van der Waals surface area contributed by atoms with E-state index in [1.54, 1.807) is 38.1 Å². The number of carbonyl (C=O) groups excluding carboxylic acids is 2. The van der Waals surface area contributed by atoms with Crippen LogP contribution in [0.3, 0.4) is 0 Å². The molecule has 2 amide bonds. The second-order valence-electron chi connectivity index (χ2n) is 5.42. The molecule has 2 aromatic heterocycles. The molecule has 2 aliphatic rings. The van der Waals surface area contributed by atoms with Crippen LogP contribution in [0.25, 0.3) is 11.4 Å². The van der Waals surface area contributed by atoms with Crippen molar-refractivity contribution >= 4 is 23.2 Å². The molecule has 0 saturated carbocycles. The van der Waals surface area contributed by atoms with Gasteiger partial charge in [-0.05, 0) is 38.1 Å². The largest absolute Gasteiger partial charge is 0.460 e. The van der Waals surface area contributed by atoms with Gasteiger partial charge in [-0.2, -0.15) is 0 Å². The van der Waals surface area contributed by atoms with Gasteiger partial charge in [-0.3, -0.25) is 9.59 Å². The highest BCUT2D eigenvalue weighted by Gasteiger charge is 2.46. The number of hydrogen-bond acceptors (Lipinski definition) is 5. The molecule has 4 rings (SSSR count). The Labute approximate surface area is 131 Å². The standard InChI is InChI=1S/C16H13N3O4/c1-7-3-5-9(22-7)13-11-12(15(20)18-13)14(19(17)16(11)21)10-6-4-8(2)23-10/h3-6H,17H2,1-2H3,(H,18,20). The number of furan rings is 2. The van der Waals surface area contributed by atoms with Crippen molar-refractivity contribution in [2.24, 2.45) is 5.84 Å². The lowest BCUT2D eigenvalue weighted by Gasteiger charge is -2.12. The lowest BCUT2D eigenvalue weighted by Crippen LogP contribution is -2.33. The summed E-state index contributed by atoms with van der Waals surface area (Å²) < 4.78 is 11.1. The highest BCUT2D eigenvalue weighted by atomic mass is 16.3. The van der Waals surface area contributed by atoms with E-state index >= 15 is 0 Å². The van der Waals surface area contributed by atoms with Crippen LogP contribution in [0.15, 0.2) is 44.2 Å². The zero-order valence-corrected chi connectivity index (χ0v) is 12.5. The summed E-state index contributed by atoms with van der Waals surface area (Å²) in [7, 11) is 0. The monoisotopic (exact) mass is 311 g/mol. The Hall–Kier alpha value is -3.06. The van der Waals surface area contributed by atoms with E-state index in [2.05, 4.69) is 5.32 Å². The third-order valence-corrected chi connectivity index (χ3v) is 3.84. The maximum absolute atomic E-state index is 12.5. The molecule has 0 saturated heterocycles. The molecule has 7 nitrogen and oxygen atoms in total. The number of hydrogen-bond donors (Lipinski definition) is 2. The van der Waals surface area contributed by atoms with E-state index in [0.29, 0.717) is 28.7 Å². The van der Waals surface area contributed by atoms with Gasteiger partial charge in [-0.25, -0.2) is 10.9 Å². The van der Waals surface area contributed by atoms with Crippen LogP contribution in [0, 0.1) is 13.8 Å². The first-order chi connectivity index (χ1) is 11.0. The lowest BCUT2D eigenvalue weighted by molar-refractivity contribution is -0.123. The summed E-state index contributed by atoms with van der Waals surface area (Å²) in [5.41, 5.74) is 0.998. The Morgan fingerprint density at radius 2 is 1.57 bits per heavy atom. The first-order valence-corrected chi connectivity index (χ1v) is 7.00. The fourth-order valence-corrected chi connectivity index (χ4v) is 2.82. The molecular formula is C16H13N3O4. The van der Waals surface area contributed by atoms with Crippen LogP contribution in [0.5, 0.6) is 0 Å². The van der Waals surface area contributed by atoms with Gasteiger partial charge in [0.1, 0.15) is 17.2 Å². The van der Waals surface area contributed by atoms with E-state index in [0.717, 1.165) is 5.01 Å². The first kappa shape index (κ1) is 13.6. The van der Waals surface area contributed by atoms with Crippen molar-refractivity contribution in [1.29, 1.82) is 0 Å². The van der Waals surface area contributed by atoms with Gasteiger partial charge in [0.2, 0.25) is 0 Å². The molecule has 7 heteroatoms. The zero-order valence-electron chi connectivity index (χ0n) is 12.5. The van der Waals surface area contributed by atoms with Crippen molar-refractivity contribution in [3.05, 3.63) is 58.5 Å². The normalized spacial score (nSPS) is 17.4. The molecular weight excluding hydrogens is 298 g/mol. The van der Waals surface area contributed by atoms with Crippen LogP contribution >= 0.6 is 0 Å². The van der Waals surface area contributed by atoms with E-state index in [1.807, 2.05) is 0 Å². The molecule has 3 N–H and O–H groups in total. The van der Waals surface area contributed by atoms with Gasteiger partial charge >= 0.3 is 0 Å². The molecule has 0 radical (unpaired) electrons. The average molecular weight is 311 g/mol. The number of nitrogens with one attached hydrogen (secondary N) is 1. The fourth-order valence-electron chi connectivity index (χ4n) is 2.82. The van der Waals surface area contributed by atoms with Crippen molar-refractivity contribution in [3.8, 4) is 0 Å². The van der Waals surface area contributed by atoms with Crippen LogP contribution in [0.4, 0.5) is 0 Å². The van der Waals surface area contributed by atoms with Crippen molar-refractivity contribution in [2.45, 2.75) is 13.8 Å². The van der Waals surface area contributed by atoms with Crippen molar-refractivity contribution in [1.82, 2.24) is 10.3 Å². The number of nitrogens with two attached hydrogens (primary N) is 1. The Morgan fingerprint density at radius 3 is 2.13 bits per heavy atom. The molecule has 0 unspecified atom stereocenters. The van der Waals surface area contributed by atoms with E-state index < -0.39 is 11.8 Å². The van der Waals surface area contributed by atoms with Crippen molar-refractivity contribution < 1.29 is 18.4 Å². The number of nitrogens with zero attached hydrogens (tertiary/aromatic N) is 1. The number of amides is 2. The summed E-state index contributed by atoms with van der Waals surface area (Å²) in [6.45, 7) is 3.56. The van der Waals surface area contributed by atoms with E-state index in [1.165, 1.54) is 0 Å². The summed E-state index contributed by atoms with van der Waals surface area (Å²) >= 11 is 0. The fraction of sp³-hybridized carbons (Fsp3) is 0.125. The zero-order chi connectivity index (χ0) is 16.3. The van der Waals surface area contributed by atoms with Gasteiger partial charge < -0.3 is 14.2 Å². The van der Waals surface area contributed by atoms with Crippen LogP contribution in [0.2, 0.25) is 0 Å². The maximum Gasteiger partial charge on any atom is 0.275 e. The Bertz CT molecular complexity index is 929. The highest BCUT2D eigenvalue weighted by Crippen LogP contribution is 2.41. The minimum atomic E-state index is -0.480. The number of fused-ring (bicyclic) bond motifs is 1. The second kappa shape index (κ2) is 4.47. The van der Waals surface area contributed by atoms with Crippen LogP contribution in [-0.4, -0.2) is 16.8 Å². The van der Waals surface area contributed by atoms with Gasteiger partial charge in [0.15, 0.2) is 11.5 Å². The Kier molecular flexibility index (Phi) is 2.64. The van der Waals surface area contributed by atoms with Gasteiger partial charge in [-0.15, -0.1) is 0 Å². The van der Waals surface area contributed by atoms with E-state index in [9.17, 15) is 9.59 Å². The summed E-state index contributed by atoms with van der Waals surface area (Å²) in [5, 5.41) is 3.63. The highest BCUT2D eigenvalue weighted by molar-refractivity contribution is 6.29. The molecule has 0 atom stereocenters. The average Bonchev–Trinajstić information content (AvgIpc) is 3.23. The molecule has 0 bridgehead atoms. The number of rotatable bonds is 2. The minimum Gasteiger partial charge on any atom is -0.460 e. The second-order valence-corrected chi connectivity index (χ2v) is 5.42. The predicted molar refractivity (Wildman–Crippen MR) is 79.9 cm³/mol. The van der Waals surface area contributed by atoms with E-state index in [-0.39, 0.29) is 16.8 Å². The van der Waals surface area contributed by atoms with Gasteiger partial charge in [0.05, 0.1) is 16.8 Å². The quantitative estimate of drug-likeness (QED) is 0.646. The molecule has 0 spiro atoms. The SMILES string of the molecule is Cc1ccc(C2=C3C(=O)N(N)C(c4ccc(C)o4)=C3C(=O)N2)o1. The molecule has 116 valence electrons. The molecule has 0 aliphatic carbocycles. The van der Waals surface area contributed by atoms with Crippen LogP contribution < -0.4 is 11.2 Å². The van der Waals surface area contributed by atoms with Gasteiger partial charge in [0, 0.05) is 0 Å². The third kappa shape index (κ3) is 1.80. The minimum absolute atomic E-state index is 0.205. The van der Waals surface area contributed by atoms with Crippen molar-refractivity contribution in [2.75, 3.05) is 0 Å². The molecule has 2 aliphatic heterocycles. The molecule has 0 aromatic carbocycles. The Morgan fingerprint density at radius 1 is 0.957 bits per heavy atom. The number of carbonyl (C=O) groups is 2. The summed E-state index contributed by atoms with van der Waals surface area (Å²) in [4.78, 5) is 24.9. The van der Waals surface area contributed by atoms with Crippen LogP contribution in [0.1, 0.15) is 23.0 Å². The lowest BCUT2D eigenvalue weighted by atomic mass is 10.1. The summed E-state index contributed by atoms with van der Waals surface area (Å²) in [6, 6.07) is 6.87. The van der Waals surface area contributed by atoms with Crippen LogP contribution in [-0.2, 0) is 9.59 Å². The van der Waals surface area contributed by atoms with Gasteiger partial charge in [-0.1, -0.05) is 0 Å². The smallest absolute Gasteiger partial charge is 0.275 e. The predicted octanol–water partition coefficient (Wildman–Crippen LogP) is 1.46. The summed E-state index contributed by atoms with van der Waals surface area (Å²) in [6.07, 6.45) is 0. The molecule has 4 heterocycles. The number of hydrazine groups is 1.